The third-order valence-corrected chi connectivity index (χ3v) is 3.88. The van der Waals surface area contributed by atoms with Crippen LogP contribution in [0.1, 0.15) is 12.6 Å². The van der Waals surface area contributed by atoms with E-state index in [1.54, 1.807) is 11.8 Å². The van der Waals surface area contributed by atoms with Gasteiger partial charge < -0.3 is 5.32 Å². The number of anilines is 1. The lowest BCUT2D eigenvalue weighted by atomic mass is 10.3. The monoisotopic (exact) mass is 273 g/mol. The van der Waals surface area contributed by atoms with Crippen LogP contribution in [0.25, 0.3) is 0 Å². The van der Waals surface area contributed by atoms with Gasteiger partial charge in [0, 0.05) is 29.1 Å². The van der Waals surface area contributed by atoms with Gasteiger partial charge in [-0.1, -0.05) is 18.2 Å². The van der Waals surface area contributed by atoms with Crippen LogP contribution in [0.5, 0.6) is 0 Å². The largest absolute Gasteiger partial charge is 0.378 e. The summed E-state index contributed by atoms with van der Waals surface area (Å²) in [6, 6.07) is 10.4. The maximum Gasteiger partial charge on any atom is 0.0575 e. The molecule has 0 unspecified atom stereocenters. The average molecular weight is 273 g/mol. The second-order valence-electron chi connectivity index (χ2n) is 4.09. The van der Waals surface area contributed by atoms with Gasteiger partial charge in [-0.15, -0.1) is 18.3 Å². The first-order chi connectivity index (χ1) is 9.35. The van der Waals surface area contributed by atoms with E-state index in [0.717, 1.165) is 18.8 Å². The molecule has 0 amide bonds. The molecular formula is C15H19N3S. The second-order valence-corrected chi connectivity index (χ2v) is 5.15. The number of thioether (sulfide) groups is 1. The van der Waals surface area contributed by atoms with Gasteiger partial charge in [-0.2, -0.15) is 5.10 Å². The zero-order valence-corrected chi connectivity index (χ0v) is 12.0. The number of aryl methyl sites for hydroxylation is 1. The predicted octanol–water partition coefficient (Wildman–Crippen LogP) is 3.79. The van der Waals surface area contributed by atoms with Crippen LogP contribution in [0.3, 0.4) is 0 Å². The van der Waals surface area contributed by atoms with E-state index in [9.17, 15) is 0 Å². The predicted molar refractivity (Wildman–Crippen MR) is 82.6 cm³/mol. The van der Waals surface area contributed by atoms with Gasteiger partial charge in [0.15, 0.2) is 0 Å². The van der Waals surface area contributed by atoms with Gasteiger partial charge in [0.05, 0.1) is 12.2 Å². The van der Waals surface area contributed by atoms with E-state index in [0.29, 0.717) is 0 Å². The van der Waals surface area contributed by atoms with Gasteiger partial charge in [-0.3, -0.25) is 4.68 Å². The van der Waals surface area contributed by atoms with E-state index in [2.05, 4.69) is 54.2 Å². The summed E-state index contributed by atoms with van der Waals surface area (Å²) in [6.07, 6.45) is 3.77. The Kier molecular flexibility index (Phi) is 5.10. The molecule has 0 atom stereocenters. The summed E-state index contributed by atoms with van der Waals surface area (Å²) < 4.78 is 2.01. The Hall–Kier alpha value is -1.68. The van der Waals surface area contributed by atoms with E-state index < -0.39 is 0 Å². The lowest BCUT2D eigenvalue weighted by Gasteiger charge is -2.11. The molecule has 0 spiro atoms. The summed E-state index contributed by atoms with van der Waals surface area (Å²) in [5.41, 5.74) is 2.37. The Balaban J connectivity index is 2.04. The summed E-state index contributed by atoms with van der Waals surface area (Å²) in [7, 11) is 0. The first-order valence-corrected chi connectivity index (χ1v) is 7.41. The summed E-state index contributed by atoms with van der Waals surface area (Å²) >= 11 is 1.79. The second kappa shape index (κ2) is 7.04. The highest BCUT2D eigenvalue weighted by Crippen LogP contribution is 2.27. The fraction of sp³-hybridized carbons (Fsp3) is 0.267. The van der Waals surface area contributed by atoms with Gasteiger partial charge in [-0.25, -0.2) is 0 Å². The number of rotatable bonds is 7. The van der Waals surface area contributed by atoms with E-state index in [1.807, 2.05) is 17.0 Å². The van der Waals surface area contributed by atoms with Crippen molar-refractivity contribution in [1.29, 1.82) is 0 Å². The molecule has 1 aromatic carbocycles. The zero-order chi connectivity index (χ0) is 13.5. The minimum atomic E-state index is 0.791. The van der Waals surface area contributed by atoms with Gasteiger partial charge in [-0.05, 0) is 25.1 Å². The van der Waals surface area contributed by atoms with E-state index in [-0.39, 0.29) is 0 Å². The fourth-order valence-corrected chi connectivity index (χ4v) is 2.64. The maximum atomic E-state index is 4.28. The maximum absolute atomic E-state index is 4.28. The van der Waals surface area contributed by atoms with E-state index in [4.69, 9.17) is 0 Å². The molecule has 4 heteroatoms. The molecule has 1 aromatic heterocycles. The van der Waals surface area contributed by atoms with Crippen molar-refractivity contribution in [1.82, 2.24) is 9.78 Å². The molecule has 0 aliphatic carbocycles. The Morgan fingerprint density at radius 1 is 1.37 bits per heavy atom. The van der Waals surface area contributed by atoms with Crippen molar-refractivity contribution in [3.05, 3.63) is 54.9 Å². The molecular weight excluding hydrogens is 254 g/mol. The van der Waals surface area contributed by atoms with Crippen LogP contribution in [-0.2, 0) is 13.1 Å². The number of hydrogen-bond donors (Lipinski definition) is 1. The van der Waals surface area contributed by atoms with Crippen molar-refractivity contribution in [2.45, 2.75) is 24.9 Å². The number of nitrogens with one attached hydrogen (secondary N) is 1. The number of nitrogens with zero attached hydrogens (tertiary/aromatic N) is 2. The highest BCUT2D eigenvalue weighted by atomic mass is 32.2. The molecule has 0 aliphatic heterocycles. The first-order valence-electron chi connectivity index (χ1n) is 6.42. The molecule has 1 N–H and O–H groups in total. The van der Waals surface area contributed by atoms with Crippen molar-refractivity contribution in [3.63, 3.8) is 0 Å². The average Bonchev–Trinajstić information content (AvgIpc) is 2.91. The molecule has 19 heavy (non-hydrogen) atoms. The molecule has 0 radical (unpaired) electrons. The van der Waals surface area contributed by atoms with Gasteiger partial charge in [0.2, 0.25) is 0 Å². The SMILES string of the molecule is C=CCSc1ccccc1NCc1ccnn1CC. The molecule has 0 fully saturated rings. The molecule has 0 aliphatic rings. The number of hydrogen-bond acceptors (Lipinski definition) is 3. The van der Waals surface area contributed by atoms with Crippen LogP contribution in [0, 0.1) is 0 Å². The van der Waals surface area contributed by atoms with Crippen LogP contribution in [0.15, 0.2) is 54.1 Å². The van der Waals surface area contributed by atoms with Gasteiger partial charge in [0.1, 0.15) is 0 Å². The Morgan fingerprint density at radius 2 is 2.21 bits per heavy atom. The van der Waals surface area contributed by atoms with Crippen molar-refractivity contribution in [2.75, 3.05) is 11.1 Å². The summed E-state index contributed by atoms with van der Waals surface area (Å²) in [5.74, 6) is 0.922. The molecule has 0 saturated heterocycles. The molecule has 0 bridgehead atoms. The topological polar surface area (TPSA) is 29.9 Å². The highest BCUT2D eigenvalue weighted by Gasteiger charge is 2.04. The van der Waals surface area contributed by atoms with Crippen LogP contribution in [0.4, 0.5) is 5.69 Å². The van der Waals surface area contributed by atoms with E-state index in [1.165, 1.54) is 16.3 Å². The summed E-state index contributed by atoms with van der Waals surface area (Å²) in [6.45, 7) is 7.55. The minimum Gasteiger partial charge on any atom is -0.378 e. The third kappa shape index (κ3) is 3.64. The smallest absolute Gasteiger partial charge is 0.0575 e. The van der Waals surface area contributed by atoms with Crippen molar-refractivity contribution in [3.8, 4) is 0 Å². The molecule has 3 nitrogen and oxygen atoms in total. The number of para-hydroxylation sites is 1. The molecule has 2 rings (SSSR count). The van der Waals surface area contributed by atoms with Crippen molar-refractivity contribution >= 4 is 17.4 Å². The number of benzene rings is 1. The Bertz CT molecular complexity index is 534. The standard InChI is InChI=1S/C15H19N3S/c1-3-11-19-15-8-6-5-7-14(15)16-12-13-9-10-17-18(13)4-2/h3,5-10,16H,1,4,11-12H2,2H3. The quantitative estimate of drug-likeness (QED) is 0.615. The lowest BCUT2D eigenvalue weighted by molar-refractivity contribution is 0.627. The minimum absolute atomic E-state index is 0.791. The third-order valence-electron chi connectivity index (χ3n) is 2.81. The Morgan fingerprint density at radius 3 is 3.00 bits per heavy atom. The van der Waals surface area contributed by atoms with Gasteiger partial charge >= 0.3 is 0 Å². The van der Waals surface area contributed by atoms with Crippen molar-refractivity contribution in [2.24, 2.45) is 0 Å². The molecule has 1 heterocycles. The first kappa shape index (κ1) is 13.7. The van der Waals surface area contributed by atoms with Crippen LogP contribution < -0.4 is 5.32 Å². The van der Waals surface area contributed by atoms with Crippen molar-refractivity contribution < 1.29 is 0 Å². The fourth-order valence-electron chi connectivity index (χ4n) is 1.87. The highest BCUT2D eigenvalue weighted by molar-refractivity contribution is 7.99. The number of aromatic nitrogens is 2. The van der Waals surface area contributed by atoms with E-state index >= 15 is 0 Å². The zero-order valence-electron chi connectivity index (χ0n) is 11.2. The van der Waals surface area contributed by atoms with Crippen LogP contribution >= 0.6 is 11.8 Å². The summed E-state index contributed by atoms with van der Waals surface area (Å²) in [5, 5.41) is 7.76. The van der Waals surface area contributed by atoms with Crippen LogP contribution in [-0.4, -0.2) is 15.5 Å². The van der Waals surface area contributed by atoms with Crippen LogP contribution in [0.2, 0.25) is 0 Å². The molecule has 0 saturated carbocycles. The molecule has 2 aromatic rings. The lowest BCUT2D eigenvalue weighted by Crippen LogP contribution is -2.08. The molecule has 100 valence electrons. The van der Waals surface area contributed by atoms with Gasteiger partial charge in [0.25, 0.3) is 0 Å². The Labute approximate surface area is 118 Å². The normalized spacial score (nSPS) is 10.4. The summed E-state index contributed by atoms with van der Waals surface area (Å²) in [4.78, 5) is 1.25.